The van der Waals surface area contributed by atoms with E-state index in [9.17, 15) is 13.2 Å². The average Bonchev–Trinajstić information content (AvgIpc) is 3.44. The fourth-order valence-corrected chi connectivity index (χ4v) is 4.80. The van der Waals surface area contributed by atoms with Gasteiger partial charge in [-0.25, -0.2) is 0 Å². The van der Waals surface area contributed by atoms with Crippen LogP contribution in [-0.2, 0) is 0 Å². The number of piperazine rings is 1. The highest BCUT2D eigenvalue weighted by Gasteiger charge is 2.37. The van der Waals surface area contributed by atoms with E-state index in [1.165, 1.54) is 12.1 Å². The lowest BCUT2D eigenvalue weighted by molar-refractivity contribution is -0.275. The Morgan fingerprint density at radius 1 is 0.900 bits per heavy atom. The fraction of sp³-hybridized carbons (Fsp3) is 0.276. The molecular weight excluding hydrogens is 521 g/mol. The topological polar surface area (TPSA) is 68.5 Å². The molecule has 40 heavy (non-hydrogen) atoms. The van der Waals surface area contributed by atoms with Crippen molar-refractivity contribution in [3.8, 4) is 17.2 Å². The number of aromatic nitrogens is 4. The predicted octanol–water partition coefficient (Wildman–Crippen LogP) is 4.99. The second-order valence-electron chi connectivity index (χ2n) is 9.28. The summed E-state index contributed by atoms with van der Waals surface area (Å²) in [7, 11) is 1.57. The van der Waals surface area contributed by atoms with E-state index in [1.54, 1.807) is 48.2 Å². The first-order valence-corrected chi connectivity index (χ1v) is 12.9. The van der Waals surface area contributed by atoms with Crippen LogP contribution in [0.3, 0.4) is 0 Å². The number of alkyl halides is 3. The van der Waals surface area contributed by atoms with Crippen LogP contribution >= 0.6 is 0 Å². The molecule has 11 heteroatoms. The standard InChI is InChI=1S/C29H29F3N6O2/c1-39-24-15-13-23(14-16-24)38-28(33-34-35-38)27(25-11-5-6-12-26(25)40-29(30,31)32)37-20-18-36(19-21-37)17-7-10-22-8-3-2-4-9-22/h2-16,27H,17-21H2,1H3/b10-7+. The van der Waals surface area contributed by atoms with Crippen molar-refractivity contribution < 1.29 is 22.6 Å². The van der Waals surface area contributed by atoms with Crippen LogP contribution in [0.25, 0.3) is 11.8 Å². The maximum atomic E-state index is 13.4. The lowest BCUT2D eigenvalue weighted by Gasteiger charge is -2.39. The maximum Gasteiger partial charge on any atom is 0.573 e. The summed E-state index contributed by atoms with van der Waals surface area (Å²) in [4.78, 5) is 4.40. The van der Waals surface area contributed by atoms with Gasteiger partial charge in [-0.15, -0.1) is 18.3 Å². The van der Waals surface area contributed by atoms with Crippen molar-refractivity contribution >= 4 is 6.08 Å². The van der Waals surface area contributed by atoms with Crippen LogP contribution < -0.4 is 9.47 Å². The molecule has 0 radical (unpaired) electrons. The third-order valence-corrected chi connectivity index (χ3v) is 6.74. The molecule has 208 valence electrons. The molecule has 3 aromatic carbocycles. The van der Waals surface area contributed by atoms with Crippen LogP contribution in [0, 0.1) is 0 Å². The monoisotopic (exact) mass is 550 g/mol. The Morgan fingerprint density at radius 3 is 2.30 bits per heavy atom. The van der Waals surface area contributed by atoms with E-state index in [2.05, 4.69) is 42.2 Å². The zero-order chi connectivity index (χ0) is 28.0. The van der Waals surface area contributed by atoms with Gasteiger partial charge in [0, 0.05) is 38.3 Å². The number of methoxy groups -OCH3 is 1. The highest BCUT2D eigenvalue weighted by molar-refractivity contribution is 5.48. The molecule has 1 aromatic heterocycles. The Morgan fingerprint density at radius 2 is 1.60 bits per heavy atom. The summed E-state index contributed by atoms with van der Waals surface area (Å²) in [5.74, 6) is 0.773. The molecule has 0 N–H and O–H groups in total. The van der Waals surface area contributed by atoms with Crippen LogP contribution in [-0.4, -0.2) is 76.2 Å². The minimum absolute atomic E-state index is 0.280. The third-order valence-electron chi connectivity index (χ3n) is 6.74. The van der Waals surface area contributed by atoms with Crippen molar-refractivity contribution in [1.82, 2.24) is 30.0 Å². The summed E-state index contributed by atoms with van der Waals surface area (Å²) >= 11 is 0. The highest BCUT2D eigenvalue weighted by atomic mass is 19.4. The van der Waals surface area contributed by atoms with Gasteiger partial charge in [-0.1, -0.05) is 60.7 Å². The Hall–Kier alpha value is -4.22. The van der Waals surface area contributed by atoms with Gasteiger partial charge < -0.3 is 9.47 Å². The quantitative estimate of drug-likeness (QED) is 0.291. The van der Waals surface area contributed by atoms with Crippen molar-refractivity contribution in [1.29, 1.82) is 0 Å². The smallest absolute Gasteiger partial charge is 0.497 e. The van der Waals surface area contributed by atoms with Gasteiger partial charge in [-0.05, 0) is 46.3 Å². The molecular formula is C29H29F3N6O2. The molecule has 4 aromatic rings. The summed E-state index contributed by atoms with van der Waals surface area (Å²) in [5, 5.41) is 12.4. The largest absolute Gasteiger partial charge is 0.573 e. The molecule has 1 saturated heterocycles. The second kappa shape index (κ2) is 12.3. The molecule has 1 atom stereocenters. The van der Waals surface area contributed by atoms with Crippen molar-refractivity contribution in [3.63, 3.8) is 0 Å². The molecule has 2 heterocycles. The molecule has 0 amide bonds. The van der Waals surface area contributed by atoms with E-state index in [0.717, 1.165) is 25.2 Å². The highest BCUT2D eigenvalue weighted by Crippen LogP contribution is 2.37. The first-order chi connectivity index (χ1) is 19.4. The SMILES string of the molecule is COc1ccc(-n2nnnc2C(c2ccccc2OC(F)(F)F)N2CCN(C/C=C/c3ccccc3)CC2)cc1. The summed E-state index contributed by atoms with van der Waals surface area (Å²) in [6, 6.07) is 22.7. The fourth-order valence-electron chi connectivity index (χ4n) is 4.80. The molecule has 1 aliphatic rings. The molecule has 0 saturated carbocycles. The lowest BCUT2D eigenvalue weighted by atomic mass is 10.0. The van der Waals surface area contributed by atoms with E-state index in [-0.39, 0.29) is 5.75 Å². The van der Waals surface area contributed by atoms with Gasteiger partial charge >= 0.3 is 6.36 Å². The number of tetrazole rings is 1. The molecule has 0 spiro atoms. The van der Waals surface area contributed by atoms with Crippen LogP contribution in [0.15, 0.2) is 84.9 Å². The predicted molar refractivity (Wildman–Crippen MR) is 144 cm³/mol. The van der Waals surface area contributed by atoms with Crippen molar-refractivity contribution in [2.24, 2.45) is 0 Å². The Bertz CT molecular complexity index is 1400. The number of hydrogen-bond acceptors (Lipinski definition) is 7. The molecule has 0 aliphatic carbocycles. The van der Waals surface area contributed by atoms with Gasteiger partial charge in [0.25, 0.3) is 0 Å². The Balaban J connectivity index is 1.42. The van der Waals surface area contributed by atoms with Gasteiger partial charge in [0.05, 0.1) is 12.8 Å². The van der Waals surface area contributed by atoms with Gasteiger partial charge in [-0.3, -0.25) is 9.80 Å². The first-order valence-electron chi connectivity index (χ1n) is 12.9. The number of ether oxygens (including phenoxy) is 2. The normalized spacial score (nSPS) is 15.8. The summed E-state index contributed by atoms with van der Waals surface area (Å²) in [6.45, 7) is 3.41. The van der Waals surface area contributed by atoms with Crippen LogP contribution in [0.5, 0.6) is 11.5 Å². The van der Waals surface area contributed by atoms with Crippen LogP contribution in [0.4, 0.5) is 13.2 Å². The molecule has 1 aliphatic heterocycles. The van der Waals surface area contributed by atoms with Crippen LogP contribution in [0.1, 0.15) is 23.0 Å². The average molecular weight is 551 g/mol. The number of para-hydroxylation sites is 1. The second-order valence-corrected chi connectivity index (χ2v) is 9.28. The molecule has 8 nitrogen and oxygen atoms in total. The number of halogens is 3. The van der Waals surface area contributed by atoms with E-state index in [4.69, 9.17) is 4.74 Å². The van der Waals surface area contributed by atoms with E-state index < -0.39 is 12.4 Å². The van der Waals surface area contributed by atoms with Gasteiger partial charge in [0.2, 0.25) is 0 Å². The lowest BCUT2D eigenvalue weighted by Crippen LogP contribution is -2.48. The number of rotatable bonds is 9. The Labute approximate surface area is 230 Å². The van der Waals surface area contributed by atoms with Crippen molar-refractivity contribution in [2.45, 2.75) is 12.4 Å². The number of nitrogens with zero attached hydrogens (tertiary/aromatic N) is 6. The zero-order valence-corrected chi connectivity index (χ0v) is 21.9. The van der Waals surface area contributed by atoms with Crippen LogP contribution in [0.2, 0.25) is 0 Å². The number of benzene rings is 3. The Kier molecular flexibility index (Phi) is 8.42. The van der Waals surface area contributed by atoms with Gasteiger partial charge in [-0.2, -0.15) is 4.68 Å². The maximum absolute atomic E-state index is 13.4. The zero-order valence-electron chi connectivity index (χ0n) is 21.9. The molecule has 1 fully saturated rings. The van der Waals surface area contributed by atoms with E-state index in [0.29, 0.717) is 35.9 Å². The minimum Gasteiger partial charge on any atom is -0.497 e. The van der Waals surface area contributed by atoms with Crippen molar-refractivity contribution in [2.75, 3.05) is 39.8 Å². The molecule has 0 bridgehead atoms. The van der Waals surface area contributed by atoms with Gasteiger partial charge in [0.15, 0.2) is 5.82 Å². The summed E-state index contributed by atoms with van der Waals surface area (Å²) in [6.07, 6.45) is -0.631. The summed E-state index contributed by atoms with van der Waals surface area (Å²) in [5.41, 5.74) is 2.12. The third kappa shape index (κ3) is 6.67. The van der Waals surface area contributed by atoms with E-state index in [1.807, 2.05) is 30.3 Å². The minimum atomic E-state index is -4.84. The van der Waals surface area contributed by atoms with Gasteiger partial charge in [0.1, 0.15) is 17.5 Å². The first kappa shape index (κ1) is 27.4. The number of hydrogen-bond donors (Lipinski definition) is 0. The summed E-state index contributed by atoms with van der Waals surface area (Å²) < 4.78 is 51.4. The molecule has 1 unspecified atom stereocenters. The van der Waals surface area contributed by atoms with Crippen molar-refractivity contribution in [3.05, 3.63) is 102 Å². The molecule has 5 rings (SSSR count). The van der Waals surface area contributed by atoms with E-state index >= 15 is 0 Å².